The van der Waals surface area contributed by atoms with Crippen LogP contribution in [-0.4, -0.2) is 66.6 Å². The van der Waals surface area contributed by atoms with Crippen LogP contribution in [0.2, 0.25) is 0 Å². The number of carbonyl (C=O) groups is 1. The Morgan fingerprint density at radius 2 is 1.97 bits per heavy atom. The van der Waals surface area contributed by atoms with Crippen LogP contribution < -0.4 is 15.5 Å². The normalized spacial score (nSPS) is 28.5. The average Bonchev–Trinajstić information content (AvgIpc) is 3.13. The number of hydrogen-bond acceptors (Lipinski definition) is 6. The Hall–Kier alpha value is -1.54. The zero-order chi connectivity index (χ0) is 20.0. The first kappa shape index (κ1) is 24.1. The summed E-state index contributed by atoms with van der Waals surface area (Å²) in [5.41, 5.74) is 1.96. The van der Waals surface area contributed by atoms with Crippen LogP contribution in [0.1, 0.15) is 49.4 Å². The molecule has 1 aromatic heterocycles. The zero-order valence-electron chi connectivity index (χ0n) is 18.2. The maximum atomic E-state index is 13.1. The van der Waals surface area contributed by atoms with Gasteiger partial charge in [0.15, 0.2) is 5.58 Å². The van der Waals surface area contributed by atoms with Gasteiger partial charge >= 0.3 is 0 Å². The SMILES string of the molecule is CC1CNCCN1c1nc2c(C(=O)NC3CC4CCCC(C3)N4C)cccc2o1.Cl.Cl. The third-order valence-corrected chi connectivity index (χ3v) is 7.07. The largest absolute Gasteiger partial charge is 0.423 e. The monoisotopic (exact) mass is 469 g/mol. The summed E-state index contributed by atoms with van der Waals surface area (Å²) >= 11 is 0. The number of nitrogens with one attached hydrogen (secondary N) is 2. The molecule has 3 saturated heterocycles. The summed E-state index contributed by atoms with van der Waals surface area (Å²) in [6.07, 6.45) is 5.87. The number of para-hydroxylation sites is 1. The number of piperidine rings is 2. The quantitative estimate of drug-likeness (QED) is 0.718. The van der Waals surface area contributed by atoms with Crippen molar-refractivity contribution in [3.63, 3.8) is 0 Å². The van der Waals surface area contributed by atoms with Crippen molar-refractivity contribution < 1.29 is 9.21 Å². The number of benzene rings is 1. The van der Waals surface area contributed by atoms with Crippen molar-refractivity contribution >= 4 is 47.8 Å². The highest BCUT2D eigenvalue weighted by Crippen LogP contribution is 2.33. The molecule has 4 heterocycles. The van der Waals surface area contributed by atoms with E-state index in [9.17, 15) is 4.79 Å². The van der Waals surface area contributed by atoms with Crippen molar-refractivity contribution in [3.8, 4) is 0 Å². The lowest BCUT2D eigenvalue weighted by molar-refractivity contribution is 0.0463. The minimum absolute atomic E-state index is 0. The van der Waals surface area contributed by atoms with Crippen LogP contribution in [0.3, 0.4) is 0 Å². The average molecular weight is 470 g/mol. The van der Waals surface area contributed by atoms with E-state index in [1.165, 1.54) is 19.3 Å². The van der Waals surface area contributed by atoms with Gasteiger partial charge in [-0.15, -0.1) is 24.8 Å². The van der Waals surface area contributed by atoms with Gasteiger partial charge in [-0.1, -0.05) is 12.5 Å². The molecular weight excluding hydrogens is 437 g/mol. The van der Waals surface area contributed by atoms with E-state index < -0.39 is 0 Å². The molecule has 172 valence electrons. The fraction of sp³-hybridized carbons (Fsp3) is 0.636. The highest BCUT2D eigenvalue weighted by molar-refractivity contribution is 6.04. The van der Waals surface area contributed by atoms with Gasteiger partial charge in [-0.2, -0.15) is 4.98 Å². The molecule has 5 rings (SSSR count). The summed E-state index contributed by atoms with van der Waals surface area (Å²) in [7, 11) is 2.24. The molecule has 1 amide bonds. The van der Waals surface area contributed by atoms with Gasteiger partial charge in [0, 0.05) is 43.8 Å². The number of rotatable bonds is 3. The Balaban J connectivity index is 0.00000136. The third kappa shape index (κ3) is 4.65. The number of carbonyl (C=O) groups excluding carboxylic acids is 1. The first-order chi connectivity index (χ1) is 14.1. The zero-order valence-corrected chi connectivity index (χ0v) is 19.8. The minimum atomic E-state index is -0.0311. The number of amides is 1. The van der Waals surface area contributed by atoms with E-state index in [4.69, 9.17) is 9.40 Å². The molecule has 7 nitrogen and oxygen atoms in total. The molecule has 3 fully saturated rings. The van der Waals surface area contributed by atoms with Gasteiger partial charge < -0.3 is 24.9 Å². The Bertz CT molecular complexity index is 893. The van der Waals surface area contributed by atoms with E-state index >= 15 is 0 Å². The van der Waals surface area contributed by atoms with Crippen molar-refractivity contribution in [2.45, 2.75) is 63.2 Å². The molecule has 3 unspecified atom stereocenters. The first-order valence-electron chi connectivity index (χ1n) is 11.0. The van der Waals surface area contributed by atoms with Crippen LogP contribution in [0.25, 0.3) is 11.1 Å². The van der Waals surface area contributed by atoms with Crippen LogP contribution >= 0.6 is 24.8 Å². The second-order valence-corrected chi connectivity index (χ2v) is 8.94. The standard InChI is InChI=1S/C22H31N5O2.2ClH/c1-14-13-23-9-10-27(14)22-25-20-18(7-4-8-19(20)29-22)21(28)24-15-11-16-5-3-6-17(12-15)26(16)2;;/h4,7-8,14-17,23H,3,5-6,9-13H2,1-2H3,(H,24,28);2*1H. The van der Waals surface area contributed by atoms with E-state index in [0.29, 0.717) is 40.8 Å². The fourth-order valence-electron chi connectivity index (χ4n) is 5.36. The van der Waals surface area contributed by atoms with Gasteiger partial charge in [0.05, 0.1) is 5.56 Å². The van der Waals surface area contributed by atoms with Crippen LogP contribution in [0.15, 0.2) is 22.6 Å². The van der Waals surface area contributed by atoms with Crippen molar-refractivity contribution in [1.29, 1.82) is 0 Å². The Kier molecular flexibility index (Phi) is 7.73. The molecule has 3 atom stereocenters. The summed E-state index contributed by atoms with van der Waals surface area (Å²) in [5.74, 6) is -0.0311. The van der Waals surface area contributed by atoms with Crippen molar-refractivity contribution in [2.24, 2.45) is 0 Å². The molecule has 0 saturated carbocycles. The molecule has 1 aromatic carbocycles. The Morgan fingerprint density at radius 1 is 1.23 bits per heavy atom. The van der Waals surface area contributed by atoms with E-state index in [2.05, 4.69) is 34.4 Å². The first-order valence-corrected chi connectivity index (χ1v) is 11.0. The van der Waals surface area contributed by atoms with Gasteiger partial charge in [0.1, 0.15) is 5.52 Å². The highest BCUT2D eigenvalue weighted by atomic mass is 35.5. The number of aromatic nitrogens is 1. The third-order valence-electron chi connectivity index (χ3n) is 7.07. The molecular formula is C22H33Cl2N5O2. The molecule has 3 aliphatic rings. The summed E-state index contributed by atoms with van der Waals surface area (Å²) < 4.78 is 6.03. The number of piperazine rings is 1. The van der Waals surface area contributed by atoms with Gasteiger partial charge in [-0.05, 0) is 51.8 Å². The predicted molar refractivity (Wildman–Crippen MR) is 128 cm³/mol. The molecule has 2 bridgehead atoms. The number of oxazole rings is 1. The van der Waals surface area contributed by atoms with E-state index in [1.807, 2.05) is 18.2 Å². The number of anilines is 1. The molecule has 0 radical (unpaired) electrons. The number of nitrogens with zero attached hydrogens (tertiary/aromatic N) is 3. The van der Waals surface area contributed by atoms with E-state index in [1.54, 1.807) is 0 Å². The molecule has 2 aromatic rings. The number of halogens is 2. The van der Waals surface area contributed by atoms with E-state index in [0.717, 1.165) is 32.5 Å². The second-order valence-electron chi connectivity index (χ2n) is 8.94. The van der Waals surface area contributed by atoms with Crippen LogP contribution in [0.4, 0.5) is 6.01 Å². The maximum Gasteiger partial charge on any atom is 0.298 e. The summed E-state index contributed by atoms with van der Waals surface area (Å²) in [5, 5.41) is 6.69. The summed E-state index contributed by atoms with van der Waals surface area (Å²) in [6, 6.07) is 8.00. The lowest BCUT2D eigenvalue weighted by atomic mass is 9.82. The predicted octanol–water partition coefficient (Wildman–Crippen LogP) is 3.21. The van der Waals surface area contributed by atoms with Crippen LogP contribution in [0, 0.1) is 0 Å². The smallest absolute Gasteiger partial charge is 0.298 e. The lowest BCUT2D eigenvalue weighted by Gasteiger charge is -2.47. The van der Waals surface area contributed by atoms with Crippen molar-refractivity contribution in [3.05, 3.63) is 23.8 Å². The molecule has 2 N–H and O–H groups in total. The lowest BCUT2D eigenvalue weighted by Crippen LogP contribution is -2.55. The van der Waals surface area contributed by atoms with E-state index in [-0.39, 0.29) is 36.8 Å². The van der Waals surface area contributed by atoms with Crippen LogP contribution in [-0.2, 0) is 0 Å². The molecule has 31 heavy (non-hydrogen) atoms. The molecule has 9 heteroatoms. The fourth-order valence-corrected chi connectivity index (χ4v) is 5.36. The second kappa shape index (κ2) is 9.94. The topological polar surface area (TPSA) is 73.6 Å². The molecule has 0 aliphatic carbocycles. The van der Waals surface area contributed by atoms with Gasteiger partial charge in [0.2, 0.25) is 0 Å². The number of hydrogen-bond donors (Lipinski definition) is 2. The number of fused-ring (bicyclic) bond motifs is 3. The maximum absolute atomic E-state index is 13.1. The Morgan fingerprint density at radius 3 is 2.68 bits per heavy atom. The van der Waals surface area contributed by atoms with Crippen molar-refractivity contribution in [1.82, 2.24) is 20.5 Å². The summed E-state index contributed by atoms with van der Waals surface area (Å²) in [6.45, 7) is 4.83. The van der Waals surface area contributed by atoms with Gasteiger partial charge in [-0.3, -0.25) is 4.79 Å². The molecule has 0 spiro atoms. The van der Waals surface area contributed by atoms with Gasteiger partial charge in [-0.25, -0.2) is 0 Å². The van der Waals surface area contributed by atoms with Crippen LogP contribution in [0.5, 0.6) is 0 Å². The summed E-state index contributed by atoms with van der Waals surface area (Å²) in [4.78, 5) is 22.6. The van der Waals surface area contributed by atoms with Crippen molar-refractivity contribution in [2.75, 3.05) is 31.6 Å². The Labute approximate surface area is 196 Å². The highest BCUT2D eigenvalue weighted by Gasteiger charge is 2.36. The molecule has 3 aliphatic heterocycles. The minimum Gasteiger partial charge on any atom is -0.423 e. The van der Waals surface area contributed by atoms with Gasteiger partial charge in [0.25, 0.3) is 11.9 Å².